The van der Waals surface area contributed by atoms with E-state index in [-0.39, 0.29) is 5.82 Å². The molecule has 1 N–H and O–H groups in total. The van der Waals surface area contributed by atoms with Gasteiger partial charge in [-0.2, -0.15) is 0 Å². The van der Waals surface area contributed by atoms with Crippen molar-refractivity contribution in [2.45, 2.75) is 38.3 Å². The molecule has 2 aliphatic rings. The van der Waals surface area contributed by atoms with Crippen LogP contribution in [0.1, 0.15) is 31.2 Å². The van der Waals surface area contributed by atoms with Gasteiger partial charge in [0.05, 0.1) is 6.61 Å². The lowest BCUT2D eigenvalue weighted by molar-refractivity contribution is 0.0576. The van der Waals surface area contributed by atoms with Gasteiger partial charge in [0.1, 0.15) is 5.82 Å². The van der Waals surface area contributed by atoms with Crippen LogP contribution in [0.5, 0.6) is 0 Å². The Morgan fingerprint density at radius 2 is 2.19 bits per heavy atom. The Balaban J connectivity index is 1.66. The molecule has 1 aromatic rings. The summed E-state index contributed by atoms with van der Waals surface area (Å²) >= 11 is 0. The van der Waals surface area contributed by atoms with Gasteiger partial charge in [-0.25, -0.2) is 4.39 Å². The highest BCUT2D eigenvalue weighted by atomic mass is 19.1. The standard InChI is InChI=1S/C17H25FN2O/c1-20(11-13-3-2-8-21-12-13)17-7-4-15(18)9-14(17)10-19-16-5-6-16/h4,7,9,13,16,19H,2-3,5-6,8,10-12H2,1H3. The molecule has 3 rings (SSSR count). The lowest BCUT2D eigenvalue weighted by Gasteiger charge is -2.29. The smallest absolute Gasteiger partial charge is 0.123 e. The van der Waals surface area contributed by atoms with E-state index in [0.29, 0.717) is 12.0 Å². The van der Waals surface area contributed by atoms with E-state index < -0.39 is 0 Å². The number of benzene rings is 1. The zero-order valence-electron chi connectivity index (χ0n) is 12.8. The number of nitrogens with one attached hydrogen (secondary N) is 1. The lowest BCUT2D eigenvalue weighted by Crippen LogP contribution is -2.31. The second-order valence-corrected chi connectivity index (χ2v) is 6.39. The SMILES string of the molecule is CN(CC1CCCOC1)c1ccc(F)cc1CNC1CC1. The van der Waals surface area contributed by atoms with Crippen LogP contribution >= 0.6 is 0 Å². The summed E-state index contributed by atoms with van der Waals surface area (Å²) in [5.41, 5.74) is 2.19. The normalized spacial score (nSPS) is 22.3. The summed E-state index contributed by atoms with van der Waals surface area (Å²) in [5.74, 6) is 0.429. The zero-order valence-corrected chi connectivity index (χ0v) is 12.8. The van der Waals surface area contributed by atoms with Crippen molar-refractivity contribution in [1.29, 1.82) is 0 Å². The first-order valence-corrected chi connectivity index (χ1v) is 8.03. The minimum atomic E-state index is -0.152. The maximum atomic E-state index is 13.5. The van der Waals surface area contributed by atoms with E-state index in [4.69, 9.17) is 4.74 Å². The average molecular weight is 292 g/mol. The Labute approximate surface area is 126 Å². The number of anilines is 1. The second-order valence-electron chi connectivity index (χ2n) is 6.39. The fourth-order valence-corrected chi connectivity index (χ4v) is 3.05. The van der Waals surface area contributed by atoms with Crippen LogP contribution in [-0.2, 0) is 11.3 Å². The summed E-state index contributed by atoms with van der Waals surface area (Å²) < 4.78 is 19.1. The molecule has 1 aliphatic heterocycles. The third-order valence-electron chi connectivity index (χ3n) is 4.40. The van der Waals surface area contributed by atoms with E-state index >= 15 is 0 Å². The van der Waals surface area contributed by atoms with Crippen LogP contribution in [0, 0.1) is 11.7 Å². The summed E-state index contributed by atoms with van der Waals surface area (Å²) in [6, 6.07) is 5.77. The van der Waals surface area contributed by atoms with Gasteiger partial charge >= 0.3 is 0 Å². The monoisotopic (exact) mass is 292 g/mol. The summed E-state index contributed by atoms with van der Waals surface area (Å²) in [4.78, 5) is 2.25. The summed E-state index contributed by atoms with van der Waals surface area (Å²) in [6.45, 7) is 3.47. The fraction of sp³-hybridized carbons (Fsp3) is 0.647. The predicted molar refractivity (Wildman–Crippen MR) is 83.1 cm³/mol. The van der Waals surface area contributed by atoms with Crippen molar-refractivity contribution in [2.75, 3.05) is 31.7 Å². The van der Waals surface area contributed by atoms with E-state index in [9.17, 15) is 4.39 Å². The minimum Gasteiger partial charge on any atom is -0.381 e. The van der Waals surface area contributed by atoms with E-state index in [2.05, 4.69) is 17.3 Å². The third-order valence-corrected chi connectivity index (χ3v) is 4.40. The van der Waals surface area contributed by atoms with Crippen molar-refractivity contribution >= 4 is 5.69 Å². The number of rotatable bonds is 6. The molecular formula is C17H25FN2O. The van der Waals surface area contributed by atoms with Gasteiger partial charge in [-0.1, -0.05) is 0 Å². The van der Waals surface area contributed by atoms with Crippen LogP contribution in [0.2, 0.25) is 0 Å². The maximum absolute atomic E-state index is 13.5. The molecule has 1 atom stereocenters. The molecule has 0 aromatic heterocycles. The fourth-order valence-electron chi connectivity index (χ4n) is 3.05. The van der Waals surface area contributed by atoms with Gasteiger partial charge in [-0.05, 0) is 55.4 Å². The van der Waals surface area contributed by atoms with Crippen LogP contribution in [0.25, 0.3) is 0 Å². The van der Waals surface area contributed by atoms with E-state index in [1.807, 2.05) is 6.07 Å². The molecule has 1 aromatic carbocycles. The van der Waals surface area contributed by atoms with Gasteiger partial charge in [0.25, 0.3) is 0 Å². The maximum Gasteiger partial charge on any atom is 0.123 e. The van der Waals surface area contributed by atoms with Crippen molar-refractivity contribution in [3.05, 3.63) is 29.6 Å². The summed E-state index contributed by atoms with van der Waals surface area (Å²) in [7, 11) is 2.10. The molecule has 1 aliphatic carbocycles. The highest BCUT2D eigenvalue weighted by Crippen LogP contribution is 2.25. The van der Waals surface area contributed by atoms with Crippen molar-refractivity contribution in [1.82, 2.24) is 5.32 Å². The Morgan fingerprint density at radius 3 is 2.90 bits per heavy atom. The topological polar surface area (TPSA) is 24.5 Å². The van der Waals surface area contributed by atoms with Crippen LogP contribution in [0.4, 0.5) is 10.1 Å². The van der Waals surface area contributed by atoms with Crippen LogP contribution < -0.4 is 10.2 Å². The van der Waals surface area contributed by atoms with Gasteiger partial charge in [0.15, 0.2) is 0 Å². The number of hydrogen-bond donors (Lipinski definition) is 1. The third kappa shape index (κ3) is 4.17. The molecule has 1 unspecified atom stereocenters. The number of ether oxygens (including phenoxy) is 1. The second kappa shape index (κ2) is 6.75. The van der Waals surface area contributed by atoms with Crippen LogP contribution in [0.15, 0.2) is 18.2 Å². The Kier molecular flexibility index (Phi) is 4.76. The van der Waals surface area contributed by atoms with Crippen molar-refractivity contribution in [2.24, 2.45) is 5.92 Å². The zero-order chi connectivity index (χ0) is 14.7. The van der Waals surface area contributed by atoms with Gasteiger partial charge in [0.2, 0.25) is 0 Å². The molecule has 1 heterocycles. The van der Waals surface area contributed by atoms with Gasteiger partial charge in [-0.15, -0.1) is 0 Å². The Hall–Kier alpha value is -1.13. The molecule has 1 saturated heterocycles. The van der Waals surface area contributed by atoms with Gasteiger partial charge in [0, 0.05) is 38.5 Å². The predicted octanol–water partition coefficient (Wildman–Crippen LogP) is 2.94. The first-order valence-electron chi connectivity index (χ1n) is 8.03. The van der Waals surface area contributed by atoms with Crippen molar-refractivity contribution < 1.29 is 9.13 Å². The molecule has 0 radical (unpaired) electrons. The Morgan fingerprint density at radius 1 is 1.33 bits per heavy atom. The molecule has 4 heteroatoms. The molecule has 0 amide bonds. The quantitative estimate of drug-likeness (QED) is 0.872. The highest BCUT2D eigenvalue weighted by Gasteiger charge is 2.22. The van der Waals surface area contributed by atoms with Crippen molar-refractivity contribution in [3.63, 3.8) is 0 Å². The van der Waals surface area contributed by atoms with Crippen molar-refractivity contribution in [3.8, 4) is 0 Å². The number of hydrogen-bond acceptors (Lipinski definition) is 3. The molecule has 21 heavy (non-hydrogen) atoms. The molecule has 0 bridgehead atoms. The average Bonchev–Trinajstić information content (AvgIpc) is 3.30. The summed E-state index contributed by atoms with van der Waals surface area (Å²) in [6.07, 6.45) is 4.87. The van der Waals surface area contributed by atoms with Gasteiger partial charge < -0.3 is 15.0 Å². The number of nitrogens with zero attached hydrogens (tertiary/aromatic N) is 1. The largest absolute Gasteiger partial charge is 0.381 e. The molecule has 1 saturated carbocycles. The van der Waals surface area contributed by atoms with Crippen LogP contribution in [0.3, 0.4) is 0 Å². The summed E-state index contributed by atoms with van der Waals surface area (Å²) in [5, 5.41) is 3.48. The van der Waals surface area contributed by atoms with E-state index in [1.165, 1.54) is 19.3 Å². The highest BCUT2D eigenvalue weighted by molar-refractivity contribution is 5.53. The Bertz CT molecular complexity index is 470. The molecule has 0 spiro atoms. The first-order chi connectivity index (χ1) is 10.2. The molecule has 3 nitrogen and oxygen atoms in total. The molecule has 2 fully saturated rings. The first kappa shape index (κ1) is 14.8. The van der Waals surface area contributed by atoms with Gasteiger partial charge in [-0.3, -0.25) is 0 Å². The lowest BCUT2D eigenvalue weighted by atomic mass is 10.0. The molecule has 116 valence electrons. The van der Waals surface area contributed by atoms with E-state index in [0.717, 1.165) is 44.0 Å². The minimum absolute atomic E-state index is 0.152. The molecular weight excluding hydrogens is 267 g/mol. The van der Waals surface area contributed by atoms with Crippen LogP contribution in [-0.4, -0.2) is 32.8 Å². The van der Waals surface area contributed by atoms with E-state index in [1.54, 1.807) is 12.1 Å². The number of halogens is 1.